The summed E-state index contributed by atoms with van der Waals surface area (Å²) >= 11 is 1.26. The molecule has 2 aromatic rings. The number of aryl methyl sites for hydroxylation is 2. The fourth-order valence-electron chi connectivity index (χ4n) is 3.72. The van der Waals surface area contributed by atoms with Crippen LogP contribution in [0.5, 0.6) is 0 Å². The molecule has 2 aromatic heterocycles. The summed E-state index contributed by atoms with van der Waals surface area (Å²) in [6.07, 6.45) is 3.18. The number of aliphatic hydroxyl groups is 1. The Morgan fingerprint density at radius 2 is 1.96 bits per heavy atom. The number of thiophene rings is 1. The first-order chi connectivity index (χ1) is 11.8. The normalized spacial score (nSPS) is 21.6. The smallest absolute Gasteiger partial charge is 0.252 e. The van der Waals surface area contributed by atoms with Crippen molar-refractivity contribution in [3.8, 4) is 10.4 Å². The van der Waals surface area contributed by atoms with E-state index in [0.29, 0.717) is 23.1 Å². The van der Waals surface area contributed by atoms with Gasteiger partial charge in [-0.2, -0.15) is 4.31 Å². The molecule has 0 atom stereocenters. The first-order valence-corrected chi connectivity index (χ1v) is 10.8. The van der Waals surface area contributed by atoms with Crippen LogP contribution in [0.15, 0.2) is 20.9 Å². The second kappa shape index (κ2) is 5.90. The molecule has 1 N–H and O–H groups in total. The van der Waals surface area contributed by atoms with Gasteiger partial charge in [0.1, 0.15) is 9.97 Å². The van der Waals surface area contributed by atoms with Crippen molar-refractivity contribution in [1.29, 1.82) is 0 Å². The summed E-state index contributed by atoms with van der Waals surface area (Å²) in [4.78, 5) is 0.858. The Morgan fingerprint density at radius 3 is 2.52 bits per heavy atom. The van der Waals surface area contributed by atoms with E-state index in [2.05, 4.69) is 5.16 Å². The summed E-state index contributed by atoms with van der Waals surface area (Å²) in [5, 5.41) is 14.2. The summed E-state index contributed by atoms with van der Waals surface area (Å²) < 4.78 is 33.0. The molecular formula is C17H22N2O4S2. The van der Waals surface area contributed by atoms with Crippen LogP contribution < -0.4 is 0 Å². The van der Waals surface area contributed by atoms with E-state index in [1.165, 1.54) is 11.3 Å². The molecule has 1 saturated heterocycles. The Morgan fingerprint density at radius 1 is 1.28 bits per heavy atom. The molecule has 3 heterocycles. The maximum absolute atomic E-state index is 12.9. The molecule has 0 amide bonds. The standard InChI is InChI=1S/C17H22N2O4S2/c1-11-16(12(2)23-18-11)14-3-4-15(24-14)25(21,22)19-9-5-13(6-10-19)17(20)7-8-17/h3-4,13,20H,5-10H2,1-2H3. The first kappa shape index (κ1) is 17.2. The molecule has 4 rings (SSSR count). The molecule has 1 saturated carbocycles. The lowest BCUT2D eigenvalue weighted by Gasteiger charge is -2.33. The van der Waals surface area contributed by atoms with Crippen LogP contribution in [0.25, 0.3) is 10.4 Å². The van der Waals surface area contributed by atoms with Crippen LogP contribution in [0.3, 0.4) is 0 Å². The Bertz CT molecular complexity index is 868. The highest BCUT2D eigenvalue weighted by Crippen LogP contribution is 2.47. The zero-order chi connectivity index (χ0) is 17.8. The molecule has 0 aromatic carbocycles. The Balaban J connectivity index is 1.53. The van der Waals surface area contributed by atoms with Crippen molar-refractivity contribution in [3.05, 3.63) is 23.6 Å². The van der Waals surface area contributed by atoms with Gasteiger partial charge in [0.25, 0.3) is 10.0 Å². The number of nitrogens with zero attached hydrogens (tertiary/aromatic N) is 2. The lowest BCUT2D eigenvalue weighted by atomic mass is 9.90. The van der Waals surface area contributed by atoms with E-state index in [1.807, 2.05) is 19.9 Å². The molecule has 2 fully saturated rings. The quantitative estimate of drug-likeness (QED) is 0.879. The van der Waals surface area contributed by atoms with E-state index in [4.69, 9.17) is 4.52 Å². The molecule has 8 heteroatoms. The van der Waals surface area contributed by atoms with E-state index in [-0.39, 0.29) is 5.92 Å². The van der Waals surface area contributed by atoms with Gasteiger partial charge in [-0.05, 0) is 57.6 Å². The molecule has 0 radical (unpaired) electrons. The molecule has 136 valence electrons. The van der Waals surface area contributed by atoms with Crippen LogP contribution in [-0.2, 0) is 10.0 Å². The average molecular weight is 383 g/mol. The van der Waals surface area contributed by atoms with Crippen LogP contribution >= 0.6 is 11.3 Å². The zero-order valence-electron chi connectivity index (χ0n) is 14.4. The summed E-state index contributed by atoms with van der Waals surface area (Å²) in [6.45, 7) is 4.64. The summed E-state index contributed by atoms with van der Waals surface area (Å²) in [6, 6.07) is 3.49. The van der Waals surface area contributed by atoms with Crippen molar-refractivity contribution in [1.82, 2.24) is 9.46 Å². The van der Waals surface area contributed by atoms with Crippen molar-refractivity contribution in [2.24, 2.45) is 5.92 Å². The van der Waals surface area contributed by atoms with Gasteiger partial charge in [-0.3, -0.25) is 0 Å². The second-order valence-corrected chi connectivity index (χ2v) is 10.3. The molecule has 0 unspecified atom stereocenters. The fourth-order valence-corrected chi connectivity index (χ4v) is 6.80. The molecule has 1 aliphatic heterocycles. The molecule has 6 nitrogen and oxygen atoms in total. The van der Waals surface area contributed by atoms with Gasteiger partial charge in [0.15, 0.2) is 0 Å². The van der Waals surface area contributed by atoms with Gasteiger partial charge in [0.05, 0.1) is 16.9 Å². The second-order valence-electron chi connectivity index (χ2n) is 7.10. The van der Waals surface area contributed by atoms with Crippen molar-refractivity contribution in [3.63, 3.8) is 0 Å². The topological polar surface area (TPSA) is 83.6 Å². The van der Waals surface area contributed by atoms with Gasteiger partial charge < -0.3 is 9.63 Å². The zero-order valence-corrected chi connectivity index (χ0v) is 16.0. The Labute approximate surface area is 151 Å². The van der Waals surface area contributed by atoms with E-state index < -0.39 is 15.6 Å². The lowest BCUT2D eigenvalue weighted by molar-refractivity contribution is 0.0535. The van der Waals surface area contributed by atoms with Gasteiger partial charge in [0.2, 0.25) is 0 Å². The van der Waals surface area contributed by atoms with Crippen LogP contribution in [-0.4, -0.2) is 41.7 Å². The molecular weight excluding hydrogens is 360 g/mol. The predicted octanol–water partition coefficient (Wildman–Crippen LogP) is 2.95. The van der Waals surface area contributed by atoms with Crippen LogP contribution in [0.2, 0.25) is 0 Å². The third-order valence-corrected chi connectivity index (χ3v) is 8.90. The molecule has 2 aliphatic rings. The highest BCUT2D eigenvalue weighted by molar-refractivity contribution is 7.91. The lowest BCUT2D eigenvalue weighted by Crippen LogP contribution is -2.41. The van der Waals surface area contributed by atoms with Gasteiger partial charge in [0, 0.05) is 18.0 Å². The minimum atomic E-state index is -3.49. The number of aromatic nitrogens is 1. The van der Waals surface area contributed by atoms with Crippen molar-refractivity contribution in [2.75, 3.05) is 13.1 Å². The minimum Gasteiger partial charge on any atom is -0.390 e. The SMILES string of the molecule is Cc1noc(C)c1-c1ccc(S(=O)(=O)N2CCC(C3(O)CC3)CC2)s1. The summed E-state index contributed by atoms with van der Waals surface area (Å²) in [7, 11) is -3.49. The van der Waals surface area contributed by atoms with Crippen LogP contribution in [0, 0.1) is 19.8 Å². The van der Waals surface area contributed by atoms with Gasteiger partial charge in [-0.15, -0.1) is 11.3 Å². The highest BCUT2D eigenvalue weighted by atomic mass is 32.2. The van der Waals surface area contributed by atoms with Gasteiger partial charge in [-0.1, -0.05) is 5.16 Å². The van der Waals surface area contributed by atoms with Crippen molar-refractivity contribution in [2.45, 2.75) is 49.3 Å². The fraction of sp³-hybridized carbons (Fsp3) is 0.588. The maximum Gasteiger partial charge on any atom is 0.252 e. The van der Waals surface area contributed by atoms with E-state index in [1.54, 1.807) is 10.4 Å². The highest BCUT2D eigenvalue weighted by Gasteiger charge is 2.49. The predicted molar refractivity (Wildman–Crippen MR) is 95.0 cm³/mol. The number of hydrogen-bond acceptors (Lipinski definition) is 6. The van der Waals surface area contributed by atoms with Gasteiger partial charge >= 0.3 is 0 Å². The van der Waals surface area contributed by atoms with E-state index in [9.17, 15) is 13.5 Å². The summed E-state index contributed by atoms with van der Waals surface area (Å²) in [5.74, 6) is 0.932. The Kier molecular flexibility index (Phi) is 4.06. The monoisotopic (exact) mass is 382 g/mol. The number of sulfonamides is 1. The van der Waals surface area contributed by atoms with Crippen LogP contribution in [0.4, 0.5) is 0 Å². The molecule has 0 spiro atoms. The van der Waals surface area contributed by atoms with Crippen molar-refractivity contribution < 1.29 is 18.0 Å². The molecule has 1 aliphatic carbocycles. The van der Waals surface area contributed by atoms with E-state index >= 15 is 0 Å². The minimum absolute atomic E-state index is 0.236. The van der Waals surface area contributed by atoms with Crippen molar-refractivity contribution >= 4 is 21.4 Å². The third-order valence-electron chi connectivity index (χ3n) is 5.43. The molecule has 0 bridgehead atoms. The molecule has 25 heavy (non-hydrogen) atoms. The van der Waals surface area contributed by atoms with E-state index in [0.717, 1.165) is 41.8 Å². The summed E-state index contributed by atoms with van der Waals surface area (Å²) in [5.41, 5.74) is 1.12. The Hall–Kier alpha value is -1.22. The van der Waals surface area contributed by atoms with Gasteiger partial charge in [-0.25, -0.2) is 8.42 Å². The average Bonchev–Trinajstić information content (AvgIpc) is 3.01. The number of hydrogen-bond donors (Lipinski definition) is 1. The van der Waals surface area contributed by atoms with Crippen LogP contribution in [0.1, 0.15) is 37.1 Å². The third kappa shape index (κ3) is 2.95. The first-order valence-electron chi connectivity index (χ1n) is 8.57. The number of rotatable bonds is 4. The maximum atomic E-state index is 12.9. The largest absolute Gasteiger partial charge is 0.390 e. The number of piperidine rings is 1.